The molecular weight excluding hydrogens is 399 g/mol. The highest BCUT2D eigenvalue weighted by Gasteiger charge is 2.18. The standard InChI is InChI=1S/C23H23FN4OS/c24-19-13-11-18(12-14-19)22-26-27-23(28(22)20-9-5-2-6-10-20)30-16-21(29)25-15-17-7-3-1-4-8-17/h1-3,5-6,9-14,17H,4,7-8,15-16H2,(H,25,29). The van der Waals surface area contributed by atoms with Gasteiger partial charge in [0, 0.05) is 17.8 Å². The Bertz CT molecular complexity index is 1020. The maximum atomic E-state index is 13.4. The molecule has 2 aromatic carbocycles. The fourth-order valence-corrected chi connectivity index (χ4v) is 4.22. The highest BCUT2D eigenvalue weighted by atomic mass is 32.2. The third-order valence-electron chi connectivity index (χ3n) is 5.05. The molecule has 0 aliphatic heterocycles. The number of carbonyl (C=O) groups is 1. The van der Waals surface area contributed by atoms with Gasteiger partial charge in [0.2, 0.25) is 5.91 Å². The average Bonchev–Trinajstić information content (AvgIpc) is 3.22. The van der Waals surface area contributed by atoms with E-state index in [0.29, 0.717) is 23.4 Å². The minimum absolute atomic E-state index is 0.0134. The van der Waals surface area contributed by atoms with Gasteiger partial charge < -0.3 is 5.32 Å². The Kier molecular flexibility index (Phi) is 6.59. The number of rotatable bonds is 7. The molecule has 0 bridgehead atoms. The van der Waals surface area contributed by atoms with Crippen LogP contribution in [0.1, 0.15) is 19.3 Å². The predicted octanol–water partition coefficient (Wildman–Crippen LogP) is 4.64. The van der Waals surface area contributed by atoms with Gasteiger partial charge in [-0.2, -0.15) is 0 Å². The van der Waals surface area contributed by atoms with Crippen molar-refractivity contribution in [2.45, 2.75) is 24.4 Å². The van der Waals surface area contributed by atoms with Crippen LogP contribution in [0.3, 0.4) is 0 Å². The number of halogens is 1. The van der Waals surface area contributed by atoms with Gasteiger partial charge in [-0.3, -0.25) is 9.36 Å². The van der Waals surface area contributed by atoms with E-state index in [1.807, 2.05) is 34.9 Å². The number of amides is 1. The number of benzene rings is 2. The molecule has 30 heavy (non-hydrogen) atoms. The van der Waals surface area contributed by atoms with Crippen molar-refractivity contribution in [2.75, 3.05) is 12.3 Å². The zero-order valence-electron chi connectivity index (χ0n) is 16.5. The molecule has 1 amide bonds. The molecule has 1 atom stereocenters. The minimum Gasteiger partial charge on any atom is -0.355 e. The molecule has 1 unspecified atom stereocenters. The molecule has 0 saturated carbocycles. The van der Waals surface area contributed by atoms with Crippen molar-refractivity contribution >= 4 is 17.7 Å². The van der Waals surface area contributed by atoms with Crippen molar-refractivity contribution in [3.05, 3.63) is 72.6 Å². The predicted molar refractivity (Wildman–Crippen MR) is 117 cm³/mol. The second kappa shape index (κ2) is 9.71. The molecule has 5 nitrogen and oxygen atoms in total. The van der Waals surface area contributed by atoms with Gasteiger partial charge in [-0.15, -0.1) is 10.2 Å². The molecule has 4 rings (SSSR count). The van der Waals surface area contributed by atoms with Crippen LogP contribution in [-0.4, -0.2) is 33.0 Å². The molecule has 3 aromatic rings. The second-order valence-corrected chi connectivity index (χ2v) is 8.17. The Morgan fingerprint density at radius 3 is 2.63 bits per heavy atom. The number of allylic oxidation sites excluding steroid dienone is 2. The number of carbonyl (C=O) groups excluding carboxylic acids is 1. The number of aromatic nitrogens is 3. The highest BCUT2D eigenvalue weighted by Crippen LogP contribution is 2.28. The van der Waals surface area contributed by atoms with Crippen molar-refractivity contribution in [3.8, 4) is 17.1 Å². The monoisotopic (exact) mass is 422 g/mol. The first-order valence-corrected chi connectivity index (χ1v) is 11.0. The fourth-order valence-electron chi connectivity index (χ4n) is 3.44. The molecule has 1 heterocycles. The summed E-state index contributed by atoms with van der Waals surface area (Å²) >= 11 is 1.34. The first kappa shape index (κ1) is 20.3. The van der Waals surface area contributed by atoms with Gasteiger partial charge in [0.1, 0.15) is 5.82 Å². The lowest BCUT2D eigenvalue weighted by Gasteiger charge is -2.18. The Balaban J connectivity index is 1.49. The Morgan fingerprint density at radius 2 is 1.90 bits per heavy atom. The summed E-state index contributed by atoms with van der Waals surface area (Å²) in [6.07, 6.45) is 7.61. The van der Waals surface area contributed by atoms with E-state index in [-0.39, 0.29) is 17.5 Å². The number of para-hydroxylation sites is 1. The normalized spacial score (nSPS) is 15.8. The average molecular weight is 423 g/mol. The SMILES string of the molecule is O=C(CSc1nnc(-c2ccc(F)cc2)n1-c1ccccc1)NCC1CC=CCC1. The van der Waals surface area contributed by atoms with Gasteiger partial charge in [0.15, 0.2) is 11.0 Å². The van der Waals surface area contributed by atoms with Gasteiger partial charge >= 0.3 is 0 Å². The molecule has 0 fully saturated rings. The molecule has 154 valence electrons. The summed E-state index contributed by atoms with van der Waals surface area (Å²) in [5.74, 6) is 1.07. The lowest BCUT2D eigenvalue weighted by molar-refractivity contribution is -0.118. The van der Waals surface area contributed by atoms with E-state index in [1.54, 1.807) is 12.1 Å². The Labute approximate surface area is 179 Å². The summed E-state index contributed by atoms with van der Waals surface area (Å²) in [5.41, 5.74) is 1.65. The van der Waals surface area contributed by atoms with Crippen LogP contribution < -0.4 is 5.32 Å². The first-order valence-electron chi connectivity index (χ1n) is 10.0. The molecule has 7 heteroatoms. The van der Waals surface area contributed by atoms with Crippen molar-refractivity contribution in [3.63, 3.8) is 0 Å². The van der Waals surface area contributed by atoms with Crippen LogP contribution in [-0.2, 0) is 4.79 Å². The molecule has 0 saturated heterocycles. The number of hydrogen-bond acceptors (Lipinski definition) is 4. The van der Waals surface area contributed by atoms with Gasteiger partial charge in [-0.05, 0) is 61.6 Å². The van der Waals surface area contributed by atoms with Crippen LogP contribution in [0, 0.1) is 11.7 Å². The number of nitrogens with zero attached hydrogens (tertiary/aromatic N) is 3. The highest BCUT2D eigenvalue weighted by molar-refractivity contribution is 7.99. The van der Waals surface area contributed by atoms with E-state index in [0.717, 1.165) is 30.5 Å². The van der Waals surface area contributed by atoms with Crippen molar-refractivity contribution in [2.24, 2.45) is 5.92 Å². The van der Waals surface area contributed by atoms with E-state index < -0.39 is 0 Å². The number of thioether (sulfide) groups is 1. The quantitative estimate of drug-likeness (QED) is 0.445. The first-order chi connectivity index (χ1) is 14.7. The van der Waals surface area contributed by atoms with Crippen molar-refractivity contribution in [1.82, 2.24) is 20.1 Å². The van der Waals surface area contributed by atoms with Crippen LogP contribution in [0.5, 0.6) is 0 Å². The lowest BCUT2D eigenvalue weighted by atomic mass is 9.94. The van der Waals surface area contributed by atoms with E-state index in [1.165, 1.54) is 23.9 Å². The largest absolute Gasteiger partial charge is 0.355 e. The summed E-state index contributed by atoms with van der Waals surface area (Å²) in [7, 11) is 0. The molecule has 0 spiro atoms. The van der Waals surface area contributed by atoms with Gasteiger partial charge in [-0.1, -0.05) is 42.1 Å². The van der Waals surface area contributed by atoms with E-state index in [2.05, 4.69) is 27.7 Å². The topological polar surface area (TPSA) is 59.8 Å². The van der Waals surface area contributed by atoms with E-state index in [4.69, 9.17) is 0 Å². The molecule has 1 aliphatic rings. The van der Waals surface area contributed by atoms with Crippen LogP contribution in [0.2, 0.25) is 0 Å². The fraction of sp³-hybridized carbons (Fsp3) is 0.261. The van der Waals surface area contributed by atoms with Crippen LogP contribution in [0.15, 0.2) is 71.9 Å². The van der Waals surface area contributed by atoms with Crippen molar-refractivity contribution in [1.29, 1.82) is 0 Å². The Morgan fingerprint density at radius 1 is 1.10 bits per heavy atom. The number of hydrogen-bond donors (Lipinski definition) is 1. The molecular formula is C23H23FN4OS. The summed E-state index contributed by atoms with van der Waals surface area (Å²) < 4.78 is 15.3. The smallest absolute Gasteiger partial charge is 0.230 e. The molecule has 1 aromatic heterocycles. The lowest BCUT2D eigenvalue weighted by Crippen LogP contribution is -2.31. The maximum absolute atomic E-state index is 13.4. The van der Waals surface area contributed by atoms with Crippen molar-refractivity contribution < 1.29 is 9.18 Å². The third-order valence-corrected chi connectivity index (χ3v) is 5.98. The van der Waals surface area contributed by atoms with Crippen LogP contribution in [0.25, 0.3) is 17.1 Å². The van der Waals surface area contributed by atoms with Gasteiger partial charge in [0.05, 0.1) is 5.75 Å². The summed E-state index contributed by atoms with van der Waals surface area (Å²) in [6, 6.07) is 15.9. The van der Waals surface area contributed by atoms with Gasteiger partial charge in [0.25, 0.3) is 0 Å². The number of nitrogens with one attached hydrogen (secondary N) is 1. The third kappa shape index (κ3) is 4.97. The van der Waals surface area contributed by atoms with Crippen LogP contribution in [0.4, 0.5) is 4.39 Å². The molecule has 1 aliphatic carbocycles. The van der Waals surface area contributed by atoms with Gasteiger partial charge in [-0.25, -0.2) is 4.39 Å². The van der Waals surface area contributed by atoms with E-state index in [9.17, 15) is 9.18 Å². The summed E-state index contributed by atoms with van der Waals surface area (Å²) in [6.45, 7) is 0.704. The molecule has 0 radical (unpaired) electrons. The summed E-state index contributed by atoms with van der Waals surface area (Å²) in [4.78, 5) is 12.4. The maximum Gasteiger partial charge on any atom is 0.230 e. The second-order valence-electron chi connectivity index (χ2n) is 7.23. The summed E-state index contributed by atoms with van der Waals surface area (Å²) in [5, 5.41) is 12.3. The zero-order chi connectivity index (χ0) is 20.8. The minimum atomic E-state index is -0.302. The Hall–Kier alpha value is -2.93. The zero-order valence-corrected chi connectivity index (χ0v) is 17.3. The van der Waals surface area contributed by atoms with E-state index >= 15 is 0 Å². The van der Waals surface area contributed by atoms with Crippen LogP contribution >= 0.6 is 11.8 Å². The molecule has 1 N–H and O–H groups in total.